The summed E-state index contributed by atoms with van der Waals surface area (Å²) in [5.74, 6) is 1.09. The second kappa shape index (κ2) is 5.75. The molecule has 1 saturated heterocycles. The predicted molar refractivity (Wildman–Crippen MR) is 85.9 cm³/mol. The van der Waals surface area contributed by atoms with Gasteiger partial charge >= 0.3 is 0 Å². The lowest BCUT2D eigenvalue weighted by atomic mass is 10.2. The first-order valence-electron chi connectivity index (χ1n) is 8.17. The SMILES string of the molecule is Clc1ccc(N2CCN(C3CC3)CC2)nc1CNC1CC1. The van der Waals surface area contributed by atoms with Crippen LogP contribution in [0.4, 0.5) is 5.82 Å². The summed E-state index contributed by atoms with van der Waals surface area (Å²) in [6.07, 6.45) is 5.38. The van der Waals surface area contributed by atoms with Crippen LogP contribution in [0.1, 0.15) is 31.4 Å². The molecule has 3 fully saturated rings. The number of rotatable bonds is 5. The molecule has 1 aliphatic heterocycles. The quantitative estimate of drug-likeness (QED) is 0.904. The number of aromatic nitrogens is 1. The molecule has 2 aliphatic carbocycles. The second-order valence-electron chi connectivity index (χ2n) is 6.51. The Hall–Kier alpha value is -0.840. The Kier molecular flexibility index (Phi) is 3.78. The highest BCUT2D eigenvalue weighted by Crippen LogP contribution is 2.28. The van der Waals surface area contributed by atoms with Crippen molar-refractivity contribution in [3.05, 3.63) is 22.8 Å². The molecule has 2 heterocycles. The summed E-state index contributed by atoms with van der Waals surface area (Å²) >= 11 is 6.28. The lowest BCUT2D eigenvalue weighted by molar-refractivity contribution is 0.247. The number of hydrogen-bond acceptors (Lipinski definition) is 4. The van der Waals surface area contributed by atoms with Gasteiger partial charge < -0.3 is 10.2 Å². The molecule has 1 aromatic heterocycles. The zero-order valence-corrected chi connectivity index (χ0v) is 13.1. The van der Waals surface area contributed by atoms with E-state index in [0.717, 1.165) is 42.2 Å². The van der Waals surface area contributed by atoms with Crippen LogP contribution < -0.4 is 10.2 Å². The first-order chi connectivity index (χ1) is 10.3. The Bertz CT molecular complexity index is 505. The van der Waals surface area contributed by atoms with Gasteiger partial charge in [0, 0.05) is 44.8 Å². The van der Waals surface area contributed by atoms with Crippen LogP contribution in [0.25, 0.3) is 0 Å². The molecule has 0 bridgehead atoms. The standard InChI is InChI=1S/C16H23ClN4/c17-14-5-6-16(19-15(14)11-18-12-1-2-12)21-9-7-20(8-10-21)13-3-4-13/h5-6,12-13,18H,1-4,7-11H2. The van der Waals surface area contributed by atoms with Gasteiger partial charge in [0.05, 0.1) is 10.7 Å². The molecule has 0 amide bonds. The van der Waals surface area contributed by atoms with Crippen LogP contribution in [0.5, 0.6) is 0 Å². The molecular formula is C16H23ClN4. The molecule has 0 atom stereocenters. The van der Waals surface area contributed by atoms with Gasteiger partial charge in [0.2, 0.25) is 0 Å². The fraction of sp³-hybridized carbons (Fsp3) is 0.688. The predicted octanol–water partition coefficient (Wildman–Crippen LogP) is 2.27. The van der Waals surface area contributed by atoms with Crippen LogP contribution in [0, 0.1) is 0 Å². The number of pyridine rings is 1. The Morgan fingerprint density at radius 3 is 2.52 bits per heavy atom. The minimum atomic E-state index is 0.689. The van der Waals surface area contributed by atoms with Crippen molar-refractivity contribution >= 4 is 17.4 Å². The number of nitrogens with one attached hydrogen (secondary N) is 1. The molecular weight excluding hydrogens is 284 g/mol. The van der Waals surface area contributed by atoms with Gasteiger partial charge in [-0.05, 0) is 37.8 Å². The van der Waals surface area contributed by atoms with E-state index < -0.39 is 0 Å². The maximum Gasteiger partial charge on any atom is 0.129 e. The minimum Gasteiger partial charge on any atom is -0.354 e. The van der Waals surface area contributed by atoms with Gasteiger partial charge in [0.25, 0.3) is 0 Å². The van der Waals surface area contributed by atoms with E-state index in [4.69, 9.17) is 16.6 Å². The number of halogens is 1. The molecule has 1 N–H and O–H groups in total. The van der Waals surface area contributed by atoms with Crippen LogP contribution in [0.3, 0.4) is 0 Å². The molecule has 0 radical (unpaired) electrons. The maximum atomic E-state index is 6.28. The van der Waals surface area contributed by atoms with E-state index in [2.05, 4.69) is 21.2 Å². The van der Waals surface area contributed by atoms with E-state index in [9.17, 15) is 0 Å². The first kappa shape index (κ1) is 13.8. The molecule has 0 unspecified atom stereocenters. The van der Waals surface area contributed by atoms with Gasteiger partial charge in [-0.15, -0.1) is 0 Å². The van der Waals surface area contributed by atoms with Gasteiger partial charge in [-0.3, -0.25) is 4.90 Å². The molecule has 4 rings (SSSR count). The van der Waals surface area contributed by atoms with E-state index in [1.54, 1.807) is 0 Å². The van der Waals surface area contributed by atoms with Crippen molar-refractivity contribution < 1.29 is 0 Å². The lowest BCUT2D eigenvalue weighted by Crippen LogP contribution is -2.47. The third-order valence-electron chi connectivity index (χ3n) is 4.74. The maximum absolute atomic E-state index is 6.28. The van der Waals surface area contributed by atoms with Crippen molar-refractivity contribution in [2.45, 2.75) is 44.3 Å². The molecule has 21 heavy (non-hydrogen) atoms. The summed E-state index contributed by atoms with van der Waals surface area (Å²) in [6, 6.07) is 5.63. The normalized spacial score (nSPS) is 23.6. The zero-order chi connectivity index (χ0) is 14.2. The average Bonchev–Trinajstić information content (AvgIpc) is 3.40. The Morgan fingerprint density at radius 1 is 1.10 bits per heavy atom. The number of piperazine rings is 1. The average molecular weight is 307 g/mol. The summed E-state index contributed by atoms with van der Waals surface area (Å²) in [4.78, 5) is 9.82. The van der Waals surface area contributed by atoms with Crippen LogP contribution in [0.15, 0.2) is 12.1 Å². The Balaban J connectivity index is 1.40. The van der Waals surface area contributed by atoms with Crippen molar-refractivity contribution in [3.8, 4) is 0 Å². The van der Waals surface area contributed by atoms with Crippen molar-refractivity contribution in [3.63, 3.8) is 0 Å². The van der Waals surface area contributed by atoms with E-state index in [0.29, 0.717) is 6.04 Å². The van der Waals surface area contributed by atoms with E-state index >= 15 is 0 Å². The third kappa shape index (κ3) is 3.33. The van der Waals surface area contributed by atoms with Gasteiger partial charge in [-0.2, -0.15) is 0 Å². The number of anilines is 1. The molecule has 5 heteroatoms. The van der Waals surface area contributed by atoms with Crippen LogP contribution in [0.2, 0.25) is 5.02 Å². The van der Waals surface area contributed by atoms with E-state index in [1.165, 1.54) is 38.8 Å². The lowest BCUT2D eigenvalue weighted by Gasteiger charge is -2.35. The molecule has 114 valence electrons. The molecule has 1 aromatic rings. The van der Waals surface area contributed by atoms with Crippen molar-refractivity contribution in [1.82, 2.24) is 15.2 Å². The summed E-state index contributed by atoms with van der Waals surface area (Å²) < 4.78 is 0. The van der Waals surface area contributed by atoms with Crippen molar-refractivity contribution in [1.29, 1.82) is 0 Å². The fourth-order valence-electron chi connectivity index (χ4n) is 3.06. The first-order valence-corrected chi connectivity index (χ1v) is 8.55. The van der Waals surface area contributed by atoms with Crippen molar-refractivity contribution in [2.75, 3.05) is 31.1 Å². The monoisotopic (exact) mass is 306 g/mol. The molecule has 2 saturated carbocycles. The molecule has 0 spiro atoms. The largest absolute Gasteiger partial charge is 0.354 e. The Morgan fingerprint density at radius 2 is 1.86 bits per heavy atom. The Labute approximate surface area is 131 Å². The zero-order valence-electron chi connectivity index (χ0n) is 12.4. The van der Waals surface area contributed by atoms with Crippen LogP contribution >= 0.6 is 11.6 Å². The second-order valence-corrected chi connectivity index (χ2v) is 6.91. The van der Waals surface area contributed by atoms with Crippen LogP contribution in [-0.4, -0.2) is 48.1 Å². The van der Waals surface area contributed by atoms with Gasteiger partial charge in [0.1, 0.15) is 5.82 Å². The van der Waals surface area contributed by atoms with Gasteiger partial charge in [-0.25, -0.2) is 4.98 Å². The van der Waals surface area contributed by atoms with E-state index in [-0.39, 0.29) is 0 Å². The minimum absolute atomic E-state index is 0.689. The van der Waals surface area contributed by atoms with E-state index in [1.807, 2.05) is 6.07 Å². The summed E-state index contributed by atoms with van der Waals surface area (Å²) in [6.45, 7) is 5.30. The molecule has 4 nitrogen and oxygen atoms in total. The van der Waals surface area contributed by atoms with Crippen LogP contribution in [-0.2, 0) is 6.54 Å². The summed E-state index contributed by atoms with van der Waals surface area (Å²) in [5, 5.41) is 4.28. The summed E-state index contributed by atoms with van der Waals surface area (Å²) in [7, 11) is 0. The fourth-order valence-corrected chi connectivity index (χ4v) is 3.23. The van der Waals surface area contributed by atoms with Gasteiger partial charge in [-0.1, -0.05) is 11.6 Å². The molecule has 3 aliphatic rings. The highest BCUT2D eigenvalue weighted by atomic mass is 35.5. The van der Waals surface area contributed by atoms with Crippen molar-refractivity contribution in [2.24, 2.45) is 0 Å². The molecule has 0 aromatic carbocycles. The summed E-state index contributed by atoms with van der Waals surface area (Å²) in [5.41, 5.74) is 0.991. The smallest absolute Gasteiger partial charge is 0.129 e. The number of hydrogen-bond donors (Lipinski definition) is 1. The number of nitrogens with zero attached hydrogens (tertiary/aromatic N) is 3. The topological polar surface area (TPSA) is 31.4 Å². The highest BCUT2D eigenvalue weighted by molar-refractivity contribution is 6.31. The third-order valence-corrected chi connectivity index (χ3v) is 5.09. The van der Waals surface area contributed by atoms with Gasteiger partial charge in [0.15, 0.2) is 0 Å². The highest BCUT2D eigenvalue weighted by Gasteiger charge is 2.31.